The number of carboxylic acids is 1. The van der Waals surface area contributed by atoms with Gasteiger partial charge in [-0.05, 0) is 59.6 Å². The Balaban J connectivity index is 1.89. The lowest BCUT2D eigenvalue weighted by molar-refractivity contribution is -0.142. The Morgan fingerprint density at radius 1 is 1.38 bits per heavy atom. The van der Waals surface area contributed by atoms with Crippen LogP contribution in [-0.4, -0.2) is 23.9 Å². The molecule has 0 saturated heterocycles. The molecule has 4 nitrogen and oxygen atoms in total. The topological polar surface area (TPSA) is 58.9 Å². The summed E-state index contributed by atoms with van der Waals surface area (Å²) >= 11 is 0. The molecule has 0 unspecified atom stereocenters. The zero-order valence-electron chi connectivity index (χ0n) is 16.4. The van der Waals surface area contributed by atoms with Crippen LogP contribution in [0.25, 0.3) is 0 Å². The third-order valence-electron chi connectivity index (χ3n) is 6.70. The average molecular weight is 357 g/mol. The fourth-order valence-corrected chi connectivity index (χ4v) is 5.32. The van der Waals surface area contributed by atoms with Crippen LogP contribution < -0.4 is 0 Å². The van der Waals surface area contributed by atoms with E-state index in [1.165, 1.54) is 23.1 Å². The molecule has 1 N–H and O–H groups in total. The van der Waals surface area contributed by atoms with Crippen LogP contribution in [0.5, 0.6) is 0 Å². The monoisotopic (exact) mass is 357 g/mol. The van der Waals surface area contributed by atoms with Gasteiger partial charge in [0.15, 0.2) is 0 Å². The molecule has 26 heavy (non-hydrogen) atoms. The lowest BCUT2D eigenvalue weighted by Gasteiger charge is -2.54. The first-order valence-corrected chi connectivity index (χ1v) is 9.78. The largest absolute Gasteiger partial charge is 0.479 e. The summed E-state index contributed by atoms with van der Waals surface area (Å²) < 4.78 is 0. The van der Waals surface area contributed by atoms with E-state index in [0.29, 0.717) is 11.8 Å². The number of rotatable bonds is 5. The minimum Gasteiger partial charge on any atom is -0.479 e. The number of aryl methyl sites for hydroxylation is 1. The molecule has 1 saturated carbocycles. The van der Waals surface area contributed by atoms with Crippen molar-refractivity contribution in [3.8, 4) is 0 Å². The van der Waals surface area contributed by atoms with Gasteiger partial charge in [-0.15, -0.1) is 0 Å². The lowest BCUT2D eigenvalue weighted by atomic mass is 9.50. The molecule has 0 bridgehead atoms. The maximum Gasteiger partial charge on any atom is 0.344 e. The highest BCUT2D eigenvalue weighted by molar-refractivity contribution is 5.69. The van der Waals surface area contributed by atoms with Crippen molar-refractivity contribution in [2.24, 2.45) is 16.5 Å². The van der Waals surface area contributed by atoms with E-state index < -0.39 is 5.97 Å². The van der Waals surface area contributed by atoms with Crippen molar-refractivity contribution in [2.75, 3.05) is 6.61 Å². The smallest absolute Gasteiger partial charge is 0.344 e. The van der Waals surface area contributed by atoms with E-state index in [2.05, 4.69) is 51.0 Å². The van der Waals surface area contributed by atoms with Crippen molar-refractivity contribution >= 4 is 12.2 Å². The first-order valence-electron chi connectivity index (χ1n) is 9.78. The maximum absolute atomic E-state index is 10.6. The van der Waals surface area contributed by atoms with Gasteiger partial charge in [-0.2, -0.15) is 0 Å². The molecule has 1 aromatic rings. The van der Waals surface area contributed by atoms with E-state index in [4.69, 9.17) is 9.94 Å². The van der Waals surface area contributed by atoms with E-state index >= 15 is 0 Å². The number of fused-ring (bicyclic) bond motifs is 3. The number of oxime groups is 1. The third-order valence-corrected chi connectivity index (χ3v) is 6.70. The predicted molar refractivity (Wildman–Crippen MR) is 104 cm³/mol. The predicted octanol–water partition coefficient (Wildman–Crippen LogP) is 4.91. The number of nitrogens with zero attached hydrogens (tertiary/aromatic N) is 1. The summed E-state index contributed by atoms with van der Waals surface area (Å²) in [4.78, 5) is 15.6. The van der Waals surface area contributed by atoms with Gasteiger partial charge in [0.1, 0.15) is 0 Å². The Labute approximate surface area is 156 Å². The average Bonchev–Trinajstić information content (AvgIpc) is 2.58. The number of benzene rings is 1. The number of carbonyl (C=O) groups is 1. The molecule has 0 spiro atoms. The van der Waals surface area contributed by atoms with Crippen molar-refractivity contribution in [1.29, 1.82) is 0 Å². The van der Waals surface area contributed by atoms with Gasteiger partial charge >= 0.3 is 5.97 Å². The van der Waals surface area contributed by atoms with E-state index in [1.54, 1.807) is 0 Å². The summed E-state index contributed by atoms with van der Waals surface area (Å²) in [5.74, 6) is 0.0626. The van der Waals surface area contributed by atoms with Crippen molar-refractivity contribution in [1.82, 2.24) is 0 Å². The number of carboxylic acid groups (broad SMARTS) is 1. The highest BCUT2D eigenvalue weighted by Crippen LogP contribution is 2.56. The van der Waals surface area contributed by atoms with Gasteiger partial charge in [-0.1, -0.05) is 57.5 Å². The molecule has 3 atom stereocenters. The Hall–Kier alpha value is -1.84. The molecule has 3 rings (SSSR count). The van der Waals surface area contributed by atoms with Crippen LogP contribution >= 0.6 is 0 Å². The Bertz CT molecular complexity index is 711. The molecule has 0 radical (unpaired) electrons. The van der Waals surface area contributed by atoms with Crippen molar-refractivity contribution in [3.05, 3.63) is 34.9 Å². The molecule has 1 fully saturated rings. The molecular weight excluding hydrogens is 326 g/mol. The highest BCUT2D eigenvalue weighted by atomic mass is 16.6. The molecule has 1 aromatic carbocycles. The van der Waals surface area contributed by atoms with Crippen LogP contribution in [0.1, 0.15) is 76.0 Å². The number of aliphatic carboxylic acids is 1. The molecule has 142 valence electrons. The molecule has 4 heteroatoms. The third kappa shape index (κ3) is 3.38. The van der Waals surface area contributed by atoms with Gasteiger partial charge in [0.25, 0.3) is 0 Å². The second-order valence-corrected chi connectivity index (χ2v) is 8.84. The second kappa shape index (κ2) is 7.05. The zero-order valence-corrected chi connectivity index (χ0v) is 16.4. The van der Waals surface area contributed by atoms with Crippen LogP contribution in [0.15, 0.2) is 23.4 Å². The fraction of sp³-hybridized carbons (Fsp3) is 0.636. The minimum absolute atomic E-state index is 0.0556. The molecule has 0 aromatic heterocycles. The van der Waals surface area contributed by atoms with Gasteiger partial charge in [0.2, 0.25) is 6.61 Å². The van der Waals surface area contributed by atoms with Crippen LogP contribution in [0.4, 0.5) is 0 Å². The number of hydrogen-bond acceptors (Lipinski definition) is 3. The maximum atomic E-state index is 10.6. The normalized spacial score (nSPS) is 30.9. The van der Waals surface area contributed by atoms with Gasteiger partial charge < -0.3 is 9.94 Å². The molecule has 2 aliphatic rings. The first kappa shape index (κ1) is 18.9. The quantitative estimate of drug-likeness (QED) is 0.602. The van der Waals surface area contributed by atoms with Gasteiger partial charge in [0, 0.05) is 11.6 Å². The van der Waals surface area contributed by atoms with Gasteiger partial charge in [0.05, 0.1) is 0 Å². The van der Waals surface area contributed by atoms with E-state index in [1.807, 2.05) is 6.21 Å². The summed E-state index contributed by atoms with van der Waals surface area (Å²) in [7, 11) is 0. The first-order chi connectivity index (χ1) is 12.3. The minimum atomic E-state index is -0.992. The fourth-order valence-electron chi connectivity index (χ4n) is 5.32. The van der Waals surface area contributed by atoms with Crippen molar-refractivity contribution < 1.29 is 14.7 Å². The zero-order chi connectivity index (χ0) is 18.9. The Morgan fingerprint density at radius 2 is 2.15 bits per heavy atom. The standard InChI is InChI=1S/C22H31NO3/c1-15(2)16-6-8-18-17(12-16)7-9-19-21(3,10-5-11-22(18,19)4)14-23-26-13-20(24)25/h6,8,12,14-15,19H,5,7,9-11,13H2,1-4H3,(H,24,25)/b23-14+/t19-,21-,22+/m0/s1. The summed E-state index contributed by atoms with van der Waals surface area (Å²) in [5, 5.41) is 12.7. The van der Waals surface area contributed by atoms with Crippen molar-refractivity contribution in [2.45, 2.75) is 71.1 Å². The van der Waals surface area contributed by atoms with E-state index in [9.17, 15) is 4.79 Å². The SMILES string of the molecule is CC(C)c1ccc2c(c1)CC[C@H]1[C@](C)(/C=N/OCC(=O)O)CCC[C@]21C. The van der Waals surface area contributed by atoms with Crippen LogP contribution in [0.3, 0.4) is 0 Å². The summed E-state index contributed by atoms with van der Waals surface area (Å²) in [6.07, 6.45) is 7.56. The molecule has 0 amide bonds. The summed E-state index contributed by atoms with van der Waals surface area (Å²) in [5.41, 5.74) is 4.53. The lowest BCUT2D eigenvalue weighted by Crippen LogP contribution is -2.49. The van der Waals surface area contributed by atoms with Crippen molar-refractivity contribution in [3.63, 3.8) is 0 Å². The number of hydrogen-bond donors (Lipinski definition) is 1. The Morgan fingerprint density at radius 3 is 2.85 bits per heavy atom. The molecule has 0 heterocycles. The van der Waals surface area contributed by atoms with E-state index in [0.717, 1.165) is 25.7 Å². The van der Waals surface area contributed by atoms with E-state index in [-0.39, 0.29) is 17.4 Å². The van der Waals surface area contributed by atoms with Crippen LogP contribution in [-0.2, 0) is 21.5 Å². The summed E-state index contributed by atoms with van der Waals surface area (Å²) in [6.45, 7) is 8.79. The van der Waals surface area contributed by atoms with Crippen LogP contribution in [0, 0.1) is 11.3 Å². The second-order valence-electron chi connectivity index (χ2n) is 8.84. The molecular formula is C22H31NO3. The molecule has 0 aliphatic heterocycles. The van der Waals surface area contributed by atoms with Gasteiger partial charge in [-0.3, -0.25) is 0 Å². The van der Waals surface area contributed by atoms with Gasteiger partial charge in [-0.25, -0.2) is 4.79 Å². The summed E-state index contributed by atoms with van der Waals surface area (Å²) in [6, 6.07) is 7.07. The van der Waals surface area contributed by atoms with Crippen LogP contribution in [0.2, 0.25) is 0 Å². The highest BCUT2D eigenvalue weighted by Gasteiger charge is 2.51. The molecule has 2 aliphatic carbocycles. The Kier molecular flexibility index (Phi) is 5.14.